The number of hydrogen-bond acceptors (Lipinski definition) is 2. The molecule has 0 fully saturated rings. The molecule has 0 bridgehead atoms. The first-order chi connectivity index (χ1) is 7.90. The third-order valence-corrected chi connectivity index (χ3v) is 2.66. The van der Waals surface area contributed by atoms with E-state index in [2.05, 4.69) is 26.2 Å². The lowest BCUT2D eigenvalue weighted by molar-refractivity contribution is -0.139. The van der Waals surface area contributed by atoms with Gasteiger partial charge in [-0.15, -0.1) is 0 Å². The Morgan fingerprint density at radius 1 is 1.53 bits per heavy atom. The fourth-order valence-corrected chi connectivity index (χ4v) is 1.77. The summed E-state index contributed by atoms with van der Waals surface area (Å²) in [7, 11) is 0. The van der Waals surface area contributed by atoms with Gasteiger partial charge in [-0.1, -0.05) is 13.8 Å². The summed E-state index contributed by atoms with van der Waals surface area (Å²) < 4.78 is 0.749. The molecule has 1 atom stereocenters. The van der Waals surface area contributed by atoms with Crippen LogP contribution >= 0.6 is 15.9 Å². The van der Waals surface area contributed by atoms with Gasteiger partial charge in [-0.3, -0.25) is 4.79 Å². The highest BCUT2D eigenvalue weighted by atomic mass is 79.9. The quantitative estimate of drug-likeness (QED) is 0.778. The van der Waals surface area contributed by atoms with E-state index in [1.165, 1.54) is 0 Å². The van der Waals surface area contributed by atoms with E-state index in [1.54, 1.807) is 12.3 Å². The van der Waals surface area contributed by atoms with Gasteiger partial charge in [0, 0.05) is 10.7 Å². The number of H-pyrrole nitrogens is 1. The number of nitrogens with one attached hydrogen (secondary N) is 2. The summed E-state index contributed by atoms with van der Waals surface area (Å²) in [6.07, 6.45) is 2.02. The molecule has 6 heteroatoms. The average molecular weight is 303 g/mol. The summed E-state index contributed by atoms with van der Waals surface area (Å²) in [5.41, 5.74) is 0.340. The van der Waals surface area contributed by atoms with Gasteiger partial charge in [0.25, 0.3) is 5.91 Å². The molecule has 17 heavy (non-hydrogen) atoms. The van der Waals surface area contributed by atoms with Gasteiger partial charge in [-0.25, -0.2) is 4.79 Å². The van der Waals surface area contributed by atoms with Crippen LogP contribution in [-0.4, -0.2) is 28.0 Å². The highest BCUT2D eigenvalue weighted by Crippen LogP contribution is 2.11. The second-order valence-electron chi connectivity index (χ2n) is 4.23. The lowest BCUT2D eigenvalue weighted by Crippen LogP contribution is -2.41. The monoisotopic (exact) mass is 302 g/mol. The van der Waals surface area contributed by atoms with E-state index in [9.17, 15) is 9.59 Å². The highest BCUT2D eigenvalue weighted by Gasteiger charge is 2.22. The minimum absolute atomic E-state index is 0.201. The van der Waals surface area contributed by atoms with E-state index in [0.29, 0.717) is 12.1 Å². The van der Waals surface area contributed by atoms with Gasteiger partial charge in [0.1, 0.15) is 11.7 Å². The zero-order valence-electron chi connectivity index (χ0n) is 9.66. The first kappa shape index (κ1) is 13.8. The number of hydrogen-bond donors (Lipinski definition) is 3. The van der Waals surface area contributed by atoms with Crippen LogP contribution in [0.3, 0.4) is 0 Å². The van der Waals surface area contributed by atoms with Crippen molar-refractivity contribution in [3.05, 3.63) is 22.4 Å². The lowest BCUT2D eigenvalue weighted by atomic mass is 10.0. The Labute approximate surface area is 108 Å². The number of carbonyl (C=O) groups is 2. The highest BCUT2D eigenvalue weighted by molar-refractivity contribution is 9.10. The molecule has 1 heterocycles. The summed E-state index contributed by atoms with van der Waals surface area (Å²) in [5.74, 6) is -1.23. The van der Waals surface area contributed by atoms with Crippen LogP contribution in [0.2, 0.25) is 0 Å². The maximum Gasteiger partial charge on any atom is 0.326 e. The Morgan fingerprint density at radius 2 is 2.18 bits per heavy atom. The summed E-state index contributed by atoms with van der Waals surface area (Å²) in [6, 6.07) is 0.744. The molecule has 1 aromatic rings. The predicted octanol–water partition coefficient (Wildman–Crippen LogP) is 2.01. The fourth-order valence-electron chi connectivity index (χ4n) is 1.43. The number of rotatable bonds is 5. The molecule has 0 aliphatic heterocycles. The summed E-state index contributed by atoms with van der Waals surface area (Å²) in [6.45, 7) is 3.82. The Hall–Kier alpha value is -1.30. The SMILES string of the molecule is CC(C)C[C@@H](NC(=O)c1cc(Br)c[nH]1)C(=O)O. The second kappa shape index (κ2) is 5.86. The van der Waals surface area contributed by atoms with Crippen molar-refractivity contribution in [1.82, 2.24) is 10.3 Å². The van der Waals surface area contributed by atoms with E-state index in [1.807, 2.05) is 13.8 Å². The van der Waals surface area contributed by atoms with Gasteiger partial charge >= 0.3 is 5.97 Å². The molecule has 0 saturated heterocycles. The maximum absolute atomic E-state index is 11.7. The standard InChI is InChI=1S/C11H15BrN2O3/c1-6(2)3-9(11(16)17)14-10(15)8-4-7(12)5-13-8/h4-6,9,13H,3H2,1-2H3,(H,14,15)(H,16,17)/t9-/m1/s1. The number of amides is 1. The normalized spacial score (nSPS) is 12.5. The molecule has 0 aromatic carbocycles. The molecular weight excluding hydrogens is 288 g/mol. The van der Waals surface area contributed by atoms with Crippen LogP contribution in [0.15, 0.2) is 16.7 Å². The number of aromatic amines is 1. The third kappa shape index (κ3) is 4.22. The topological polar surface area (TPSA) is 82.2 Å². The number of aromatic nitrogens is 1. The van der Waals surface area contributed by atoms with Gasteiger partial charge in [-0.05, 0) is 34.3 Å². The Kier molecular flexibility index (Phi) is 4.74. The van der Waals surface area contributed by atoms with Crippen molar-refractivity contribution < 1.29 is 14.7 Å². The van der Waals surface area contributed by atoms with Crippen LogP contribution in [0.5, 0.6) is 0 Å². The molecule has 5 nitrogen and oxygen atoms in total. The van der Waals surface area contributed by atoms with Gasteiger partial charge in [0.15, 0.2) is 0 Å². The maximum atomic E-state index is 11.7. The van der Waals surface area contributed by atoms with Gasteiger partial charge < -0.3 is 15.4 Å². The van der Waals surface area contributed by atoms with Crippen molar-refractivity contribution in [3.63, 3.8) is 0 Å². The van der Waals surface area contributed by atoms with Crippen LogP contribution in [-0.2, 0) is 4.79 Å². The number of halogens is 1. The van der Waals surface area contributed by atoms with Crippen LogP contribution in [0.25, 0.3) is 0 Å². The van der Waals surface area contributed by atoms with Gasteiger partial charge in [0.2, 0.25) is 0 Å². The van der Waals surface area contributed by atoms with E-state index in [4.69, 9.17) is 5.11 Å². The van der Waals surface area contributed by atoms with Crippen molar-refractivity contribution in [2.75, 3.05) is 0 Å². The molecule has 0 aliphatic carbocycles. The first-order valence-electron chi connectivity index (χ1n) is 5.27. The Morgan fingerprint density at radius 3 is 2.59 bits per heavy atom. The molecular formula is C11H15BrN2O3. The van der Waals surface area contributed by atoms with Crippen molar-refractivity contribution in [1.29, 1.82) is 0 Å². The smallest absolute Gasteiger partial charge is 0.326 e. The average Bonchev–Trinajstić information content (AvgIpc) is 2.63. The summed E-state index contributed by atoms with van der Waals surface area (Å²) in [4.78, 5) is 25.5. The predicted molar refractivity (Wildman–Crippen MR) is 66.8 cm³/mol. The fraction of sp³-hybridized carbons (Fsp3) is 0.455. The van der Waals surface area contributed by atoms with Gasteiger partial charge in [0.05, 0.1) is 0 Å². The van der Waals surface area contributed by atoms with Crippen molar-refractivity contribution >= 4 is 27.8 Å². The minimum atomic E-state index is -1.02. The van der Waals surface area contributed by atoms with E-state index in [-0.39, 0.29) is 5.92 Å². The molecule has 1 aromatic heterocycles. The number of carboxylic acid groups (broad SMARTS) is 1. The van der Waals surface area contributed by atoms with Crippen molar-refractivity contribution in [2.24, 2.45) is 5.92 Å². The zero-order valence-corrected chi connectivity index (χ0v) is 11.2. The number of aliphatic carboxylic acids is 1. The second-order valence-corrected chi connectivity index (χ2v) is 5.14. The van der Waals surface area contributed by atoms with Crippen LogP contribution in [0, 0.1) is 5.92 Å². The zero-order chi connectivity index (χ0) is 13.0. The molecule has 3 N–H and O–H groups in total. The Bertz CT molecular complexity index is 415. The van der Waals surface area contributed by atoms with E-state index >= 15 is 0 Å². The minimum Gasteiger partial charge on any atom is -0.480 e. The van der Waals surface area contributed by atoms with E-state index < -0.39 is 17.9 Å². The van der Waals surface area contributed by atoms with Crippen LogP contribution in [0.1, 0.15) is 30.8 Å². The number of carboxylic acids is 1. The molecule has 0 unspecified atom stereocenters. The van der Waals surface area contributed by atoms with Crippen molar-refractivity contribution in [3.8, 4) is 0 Å². The Balaban J connectivity index is 2.67. The lowest BCUT2D eigenvalue weighted by Gasteiger charge is -2.15. The van der Waals surface area contributed by atoms with Crippen LogP contribution < -0.4 is 5.32 Å². The molecule has 0 spiro atoms. The number of carbonyl (C=O) groups excluding carboxylic acids is 1. The van der Waals surface area contributed by atoms with Crippen LogP contribution in [0.4, 0.5) is 0 Å². The first-order valence-corrected chi connectivity index (χ1v) is 6.07. The molecule has 1 rings (SSSR count). The summed E-state index contributed by atoms with van der Waals surface area (Å²) in [5, 5.41) is 11.5. The van der Waals surface area contributed by atoms with Gasteiger partial charge in [-0.2, -0.15) is 0 Å². The van der Waals surface area contributed by atoms with E-state index in [0.717, 1.165) is 4.47 Å². The molecule has 1 amide bonds. The van der Waals surface area contributed by atoms with Crippen molar-refractivity contribution in [2.45, 2.75) is 26.3 Å². The molecule has 0 radical (unpaired) electrons. The molecule has 94 valence electrons. The molecule has 0 saturated carbocycles. The largest absolute Gasteiger partial charge is 0.480 e. The summed E-state index contributed by atoms with van der Waals surface area (Å²) >= 11 is 3.21. The third-order valence-electron chi connectivity index (χ3n) is 2.20. The molecule has 0 aliphatic rings.